The molecular formula is C23H26N4O3. The Kier molecular flexibility index (Phi) is 5.72. The number of nitrogens with zero attached hydrogens (tertiary/aromatic N) is 3. The van der Waals surface area contributed by atoms with Crippen molar-refractivity contribution in [2.75, 3.05) is 25.0 Å². The molecule has 0 aliphatic carbocycles. The highest BCUT2D eigenvalue weighted by molar-refractivity contribution is 5.91. The Labute approximate surface area is 175 Å². The Morgan fingerprint density at radius 2 is 1.83 bits per heavy atom. The van der Waals surface area contributed by atoms with Crippen LogP contribution in [0.5, 0.6) is 5.75 Å². The van der Waals surface area contributed by atoms with E-state index in [0.29, 0.717) is 31.0 Å². The van der Waals surface area contributed by atoms with E-state index < -0.39 is 0 Å². The molecule has 156 valence electrons. The van der Waals surface area contributed by atoms with Gasteiger partial charge in [-0.25, -0.2) is 4.68 Å². The molecular weight excluding hydrogens is 380 g/mol. The Balaban J connectivity index is 1.43. The van der Waals surface area contributed by atoms with Crippen molar-refractivity contribution in [3.63, 3.8) is 0 Å². The molecule has 4 rings (SSSR count). The van der Waals surface area contributed by atoms with Crippen molar-refractivity contribution in [2.45, 2.75) is 19.9 Å². The van der Waals surface area contributed by atoms with Crippen molar-refractivity contribution in [3.8, 4) is 11.4 Å². The number of para-hydroxylation sites is 2. The lowest BCUT2D eigenvalue weighted by molar-refractivity contribution is -0.116. The highest BCUT2D eigenvalue weighted by Crippen LogP contribution is 2.22. The largest absolute Gasteiger partial charge is 0.492 e. The average Bonchev–Trinajstić information content (AvgIpc) is 2.91. The van der Waals surface area contributed by atoms with Crippen LogP contribution in [0.2, 0.25) is 0 Å². The maximum Gasteiger partial charge on any atom is 0.295 e. The summed E-state index contributed by atoms with van der Waals surface area (Å²) in [5.41, 5.74) is 2.70. The van der Waals surface area contributed by atoms with Crippen molar-refractivity contribution in [1.29, 1.82) is 0 Å². The first-order valence-corrected chi connectivity index (χ1v) is 10.1. The fraction of sp³-hybridized carbons (Fsp3) is 0.304. The van der Waals surface area contributed by atoms with Crippen molar-refractivity contribution in [3.05, 3.63) is 76.2 Å². The average molecular weight is 406 g/mol. The number of carbonyl (C=O) groups is 1. The van der Waals surface area contributed by atoms with Gasteiger partial charge in [-0.1, -0.05) is 36.4 Å². The first-order valence-electron chi connectivity index (χ1n) is 10.1. The molecule has 30 heavy (non-hydrogen) atoms. The lowest BCUT2D eigenvalue weighted by Gasteiger charge is -2.18. The zero-order valence-corrected chi connectivity index (χ0v) is 17.3. The molecule has 0 spiro atoms. The molecule has 2 heterocycles. The molecule has 0 saturated heterocycles. The third-order valence-electron chi connectivity index (χ3n) is 5.51. The minimum absolute atomic E-state index is 0.167. The summed E-state index contributed by atoms with van der Waals surface area (Å²) < 4.78 is 9.11. The smallest absolute Gasteiger partial charge is 0.295 e. The van der Waals surface area contributed by atoms with Gasteiger partial charge in [0, 0.05) is 38.7 Å². The van der Waals surface area contributed by atoms with Crippen LogP contribution in [0.4, 0.5) is 5.69 Å². The lowest BCUT2D eigenvalue weighted by Crippen LogP contribution is -2.30. The standard InChI is InChI=1S/C23H26N4O3/c1-17-22(23(29)27(25(17)2)19-9-4-3-5-10-19)24-21(28)12-13-26-14-15-30-20-11-7-6-8-18(20)16-26/h3-11H,12-16H2,1-2H3,(H,24,28). The Morgan fingerprint density at radius 1 is 1.10 bits per heavy atom. The van der Waals surface area contributed by atoms with Gasteiger partial charge in [0.2, 0.25) is 5.91 Å². The van der Waals surface area contributed by atoms with Gasteiger partial charge in [-0.3, -0.25) is 19.2 Å². The van der Waals surface area contributed by atoms with Crippen LogP contribution < -0.4 is 15.6 Å². The van der Waals surface area contributed by atoms with E-state index in [0.717, 1.165) is 30.1 Å². The summed E-state index contributed by atoms with van der Waals surface area (Å²) in [5, 5.41) is 2.83. The van der Waals surface area contributed by atoms with Gasteiger partial charge in [-0.05, 0) is 25.1 Å². The fourth-order valence-corrected chi connectivity index (χ4v) is 3.74. The minimum Gasteiger partial charge on any atom is -0.492 e. The Bertz CT molecular complexity index is 1100. The first-order chi connectivity index (χ1) is 14.5. The SMILES string of the molecule is Cc1c(NC(=O)CCN2CCOc3ccccc3C2)c(=O)n(-c2ccccc2)n1C. The van der Waals surface area contributed by atoms with Gasteiger partial charge in [0.05, 0.1) is 11.4 Å². The van der Waals surface area contributed by atoms with E-state index in [1.165, 1.54) is 0 Å². The molecule has 0 radical (unpaired) electrons. The third-order valence-corrected chi connectivity index (χ3v) is 5.51. The van der Waals surface area contributed by atoms with Gasteiger partial charge in [0.15, 0.2) is 0 Å². The highest BCUT2D eigenvalue weighted by atomic mass is 16.5. The molecule has 0 fully saturated rings. The van der Waals surface area contributed by atoms with E-state index in [9.17, 15) is 9.59 Å². The number of amides is 1. The lowest BCUT2D eigenvalue weighted by atomic mass is 10.2. The number of hydrogen-bond acceptors (Lipinski definition) is 4. The van der Waals surface area contributed by atoms with Crippen LogP contribution >= 0.6 is 0 Å². The van der Waals surface area contributed by atoms with Crippen LogP contribution in [0.1, 0.15) is 17.7 Å². The van der Waals surface area contributed by atoms with E-state index in [1.54, 1.807) is 9.36 Å². The van der Waals surface area contributed by atoms with Crippen LogP contribution in [0, 0.1) is 6.92 Å². The second kappa shape index (κ2) is 8.59. The summed E-state index contributed by atoms with van der Waals surface area (Å²) in [4.78, 5) is 27.8. The van der Waals surface area contributed by atoms with Crippen molar-refractivity contribution in [2.24, 2.45) is 7.05 Å². The number of ether oxygens (including phenoxy) is 1. The summed E-state index contributed by atoms with van der Waals surface area (Å²) in [6, 6.07) is 17.4. The summed E-state index contributed by atoms with van der Waals surface area (Å²) in [7, 11) is 1.81. The quantitative estimate of drug-likeness (QED) is 0.707. The summed E-state index contributed by atoms with van der Waals surface area (Å²) in [6.07, 6.45) is 0.307. The Morgan fingerprint density at radius 3 is 2.63 bits per heavy atom. The zero-order chi connectivity index (χ0) is 21.1. The maximum absolute atomic E-state index is 12.9. The molecule has 1 aromatic heterocycles. The molecule has 1 aliphatic heterocycles. The van der Waals surface area contributed by atoms with Gasteiger partial charge < -0.3 is 10.1 Å². The molecule has 1 amide bonds. The van der Waals surface area contributed by atoms with Gasteiger partial charge >= 0.3 is 0 Å². The third kappa shape index (κ3) is 4.02. The first kappa shape index (κ1) is 20.0. The normalized spacial score (nSPS) is 13.9. The van der Waals surface area contributed by atoms with Crippen LogP contribution in [0.15, 0.2) is 59.4 Å². The van der Waals surface area contributed by atoms with Crippen LogP contribution in [0.25, 0.3) is 5.69 Å². The Hall–Kier alpha value is -3.32. The molecule has 2 aromatic carbocycles. The minimum atomic E-state index is -0.230. The molecule has 3 aromatic rings. The number of rotatable bonds is 5. The van der Waals surface area contributed by atoms with Crippen LogP contribution in [-0.4, -0.2) is 39.9 Å². The maximum atomic E-state index is 12.9. The van der Waals surface area contributed by atoms with Gasteiger partial charge in [-0.2, -0.15) is 0 Å². The molecule has 1 N–H and O–H groups in total. The predicted octanol–water partition coefficient (Wildman–Crippen LogP) is 2.71. The van der Waals surface area contributed by atoms with Crippen molar-refractivity contribution < 1.29 is 9.53 Å². The van der Waals surface area contributed by atoms with Crippen molar-refractivity contribution >= 4 is 11.6 Å². The topological polar surface area (TPSA) is 68.5 Å². The van der Waals surface area contributed by atoms with E-state index in [2.05, 4.69) is 10.2 Å². The number of anilines is 1. The molecule has 1 aliphatic rings. The summed E-state index contributed by atoms with van der Waals surface area (Å²) in [5.74, 6) is 0.741. The second-order valence-electron chi connectivity index (χ2n) is 7.47. The number of carbonyl (C=O) groups excluding carboxylic acids is 1. The number of nitrogens with one attached hydrogen (secondary N) is 1. The molecule has 0 unspecified atom stereocenters. The highest BCUT2D eigenvalue weighted by Gasteiger charge is 2.19. The van der Waals surface area contributed by atoms with E-state index in [1.807, 2.05) is 68.6 Å². The van der Waals surface area contributed by atoms with Crippen molar-refractivity contribution in [1.82, 2.24) is 14.3 Å². The number of benzene rings is 2. The molecule has 0 atom stereocenters. The second-order valence-corrected chi connectivity index (χ2v) is 7.47. The molecule has 0 bridgehead atoms. The molecule has 0 saturated carbocycles. The van der Waals surface area contributed by atoms with E-state index >= 15 is 0 Å². The zero-order valence-electron chi connectivity index (χ0n) is 17.3. The molecule has 7 heteroatoms. The summed E-state index contributed by atoms with van der Waals surface area (Å²) in [6.45, 7) is 4.53. The van der Waals surface area contributed by atoms with E-state index in [4.69, 9.17) is 4.74 Å². The predicted molar refractivity (Wildman–Crippen MR) is 116 cm³/mol. The monoisotopic (exact) mass is 406 g/mol. The van der Waals surface area contributed by atoms with Gasteiger partial charge in [0.25, 0.3) is 5.56 Å². The number of fused-ring (bicyclic) bond motifs is 1. The molecule has 7 nitrogen and oxygen atoms in total. The van der Waals surface area contributed by atoms with Gasteiger partial charge in [-0.15, -0.1) is 0 Å². The number of hydrogen-bond donors (Lipinski definition) is 1. The van der Waals surface area contributed by atoms with E-state index in [-0.39, 0.29) is 11.5 Å². The number of aromatic nitrogens is 2. The fourth-order valence-electron chi connectivity index (χ4n) is 3.74. The summed E-state index contributed by atoms with van der Waals surface area (Å²) >= 11 is 0. The van der Waals surface area contributed by atoms with Gasteiger partial charge in [0.1, 0.15) is 18.0 Å². The van der Waals surface area contributed by atoms with Crippen LogP contribution in [-0.2, 0) is 18.4 Å². The van der Waals surface area contributed by atoms with Crippen LogP contribution in [0.3, 0.4) is 0 Å².